The molecule has 0 bridgehead atoms. The lowest BCUT2D eigenvalue weighted by Crippen LogP contribution is -2.67. The average Bonchev–Trinajstić information content (AvgIpc) is 1.47. The van der Waals surface area contributed by atoms with Gasteiger partial charge in [-0.2, -0.15) is 0 Å². The molecular formula is C98H107N3O19. The van der Waals surface area contributed by atoms with E-state index in [1.54, 1.807) is 0 Å². The molecule has 10 aromatic carbocycles. The van der Waals surface area contributed by atoms with Crippen molar-refractivity contribution in [2.24, 2.45) is 11.0 Å². The van der Waals surface area contributed by atoms with Crippen molar-refractivity contribution in [2.45, 2.75) is 215 Å². The average molecular weight is 1630 g/mol. The molecule has 10 aromatic rings. The van der Waals surface area contributed by atoms with Crippen molar-refractivity contribution in [3.8, 4) is 0 Å². The van der Waals surface area contributed by atoms with Crippen LogP contribution in [-0.2, 0) is 151 Å². The number of fused-ring (bicyclic) bond motifs is 1. The largest absolute Gasteiger partial charge is 0.385 e. The molecule has 21 unspecified atom stereocenters. The number of rotatable bonds is 40. The van der Waals surface area contributed by atoms with Crippen LogP contribution in [0.4, 0.5) is 0 Å². The highest BCUT2D eigenvalue weighted by atomic mass is 16.8. The van der Waals surface area contributed by atoms with Crippen LogP contribution >= 0.6 is 0 Å². The van der Waals surface area contributed by atoms with E-state index < -0.39 is 134 Å². The normalized spacial score (nSPS) is 28.4. The molecule has 5 fully saturated rings. The summed E-state index contributed by atoms with van der Waals surface area (Å²) < 4.78 is 129. The van der Waals surface area contributed by atoms with Crippen LogP contribution < -0.4 is 0 Å². The topological polar surface area (TPSA) is 235 Å². The first-order valence-electron chi connectivity index (χ1n) is 41.5. The van der Waals surface area contributed by atoms with Gasteiger partial charge in [0.25, 0.3) is 0 Å². The molecule has 5 aliphatic rings. The second kappa shape index (κ2) is 43.5. The maximum Gasteiger partial charge on any atom is 0.187 e. The van der Waals surface area contributed by atoms with Crippen molar-refractivity contribution in [2.75, 3.05) is 19.8 Å². The zero-order valence-electron chi connectivity index (χ0n) is 67.8. The first-order chi connectivity index (χ1) is 59.0. The number of benzene rings is 10. The summed E-state index contributed by atoms with van der Waals surface area (Å²) in [6.07, 6.45) is -20.4. The van der Waals surface area contributed by atoms with Crippen molar-refractivity contribution >= 4 is 0 Å². The standard InChI is InChI=1S/C98H107N3O19/c1-67-83(105-56-70-38-18-6-19-39-70)91(93-92(119-98(2,3)120-93)84(67)106-57-71-40-20-7-21-41-71)118-95-81(100-101-99)88(109-60-74-46-26-10-27-47-74)87(79(114-95)65-104-55-69-36-16-5-17-37-69)117-97-94(112-63-77-52-32-13-33-53-77)90(111-62-76-50-30-12-31-51-76)86(108-59-73-44-24-9-25-45-73)80(116-97)66-113-96-82(102)89(110-61-75-48-28-11-29-49-75)85(107-58-72-42-22-8-23-43-72)78(115-96)64-103-54-68-34-14-4-15-35-68/h4-53,67,78-97,102H,54-66H2,1-3H3. The Balaban J connectivity index is 0.823. The molecule has 0 aromatic heterocycles. The van der Waals surface area contributed by atoms with Crippen LogP contribution in [0.3, 0.4) is 0 Å². The van der Waals surface area contributed by atoms with Crippen LogP contribution in [0.5, 0.6) is 0 Å². The predicted octanol–water partition coefficient (Wildman–Crippen LogP) is 16.3. The summed E-state index contributed by atoms with van der Waals surface area (Å²) in [7, 11) is 0. The first-order valence-corrected chi connectivity index (χ1v) is 41.5. The zero-order valence-corrected chi connectivity index (χ0v) is 67.8. The summed E-state index contributed by atoms with van der Waals surface area (Å²) in [5, 5.41) is 17.8. The van der Waals surface area contributed by atoms with Gasteiger partial charge in [-0.05, 0) is 75.0 Å². The van der Waals surface area contributed by atoms with Crippen molar-refractivity contribution in [3.63, 3.8) is 0 Å². The number of ether oxygens (including phenoxy) is 18. The quantitative estimate of drug-likeness (QED) is 0.0213. The summed E-state index contributed by atoms with van der Waals surface area (Å²) in [5.41, 5.74) is 20.1. The number of aliphatic hydroxyl groups is 1. The maximum absolute atomic E-state index is 13.1. The smallest absolute Gasteiger partial charge is 0.187 e. The Morgan fingerprint density at radius 2 is 0.583 bits per heavy atom. The fraction of sp³-hybridized carbons (Fsp3) is 0.388. The number of azide groups is 1. The van der Waals surface area contributed by atoms with Gasteiger partial charge in [-0.3, -0.25) is 0 Å². The molecule has 0 radical (unpaired) electrons. The number of hydrogen-bond acceptors (Lipinski definition) is 20. The van der Waals surface area contributed by atoms with Gasteiger partial charge < -0.3 is 90.4 Å². The molecule has 4 heterocycles. The van der Waals surface area contributed by atoms with Gasteiger partial charge in [-0.15, -0.1) is 0 Å². The molecule has 21 atom stereocenters. The molecule has 22 nitrogen and oxygen atoms in total. The van der Waals surface area contributed by atoms with E-state index >= 15 is 0 Å². The van der Waals surface area contributed by atoms with E-state index in [1.165, 1.54) is 0 Å². The van der Waals surface area contributed by atoms with Crippen molar-refractivity contribution in [1.82, 2.24) is 0 Å². The fourth-order valence-corrected chi connectivity index (χ4v) is 16.2. The summed E-state index contributed by atoms with van der Waals surface area (Å²) >= 11 is 0. The van der Waals surface area contributed by atoms with Crippen molar-refractivity contribution in [3.05, 3.63) is 369 Å². The molecule has 15 rings (SSSR count). The fourth-order valence-electron chi connectivity index (χ4n) is 16.2. The SMILES string of the molecule is CC1C(OCc2ccccc2)C(OC2OC(COCc3ccccc3)C(OC3OC(COC4OC(COCc5ccccc5)C(OCc5ccccc5)C(OCc5ccccc5)C4O)C(OCc4ccccc4)C(OCc4ccccc4)C3OCc3ccccc3)C(OCc3ccccc3)C2N=[N+]=[N-])C2OC(C)(C)OC2C1OCc1ccccc1. The minimum atomic E-state index is -1.47. The third kappa shape index (κ3) is 23.3. The molecule has 628 valence electrons. The van der Waals surface area contributed by atoms with Gasteiger partial charge in [0.15, 0.2) is 24.7 Å². The predicted molar refractivity (Wildman–Crippen MR) is 446 cm³/mol. The Hall–Kier alpha value is -9.25. The molecule has 1 N–H and O–H groups in total. The third-order valence-corrected chi connectivity index (χ3v) is 22.3. The molecule has 0 spiro atoms. The van der Waals surface area contributed by atoms with Gasteiger partial charge >= 0.3 is 0 Å². The first kappa shape index (κ1) is 85.7. The maximum atomic E-state index is 13.1. The van der Waals surface area contributed by atoms with E-state index in [9.17, 15) is 10.6 Å². The highest BCUT2D eigenvalue weighted by Crippen LogP contribution is 2.46. The molecular weight excluding hydrogens is 1520 g/mol. The lowest BCUT2D eigenvalue weighted by atomic mass is 9.79. The second-order valence-electron chi connectivity index (χ2n) is 31.4. The van der Waals surface area contributed by atoms with Crippen LogP contribution in [0.25, 0.3) is 10.4 Å². The van der Waals surface area contributed by atoms with Crippen molar-refractivity contribution < 1.29 is 90.4 Å². The minimum absolute atomic E-state index is 0.00295. The molecule has 4 aliphatic heterocycles. The van der Waals surface area contributed by atoms with E-state index in [0.29, 0.717) is 0 Å². The molecule has 1 aliphatic carbocycles. The number of hydrogen-bond donors (Lipinski definition) is 1. The van der Waals surface area contributed by atoms with E-state index in [0.717, 1.165) is 55.6 Å². The van der Waals surface area contributed by atoms with Crippen molar-refractivity contribution in [1.29, 1.82) is 0 Å². The molecule has 0 amide bonds. The molecule has 4 saturated heterocycles. The molecule has 1 saturated carbocycles. The summed E-state index contributed by atoms with van der Waals surface area (Å²) in [6.45, 7) is 6.78. The summed E-state index contributed by atoms with van der Waals surface area (Å²) in [6, 6.07) is 97.0. The monoisotopic (exact) mass is 1630 g/mol. The number of aliphatic hydroxyl groups excluding tert-OH is 1. The third-order valence-electron chi connectivity index (χ3n) is 22.3. The van der Waals surface area contributed by atoms with Gasteiger partial charge in [0.1, 0.15) is 91.5 Å². The molecule has 120 heavy (non-hydrogen) atoms. The number of nitrogens with zero attached hydrogens (tertiary/aromatic N) is 3. The van der Waals surface area contributed by atoms with Crippen LogP contribution in [-0.4, -0.2) is 153 Å². The van der Waals surface area contributed by atoms with Crippen LogP contribution in [0.2, 0.25) is 0 Å². The highest BCUT2D eigenvalue weighted by molar-refractivity contribution is 5.22. The Morgan fingerprint density at radius 3 is 0.975 bits per heavy atom. The van der Waals surface area contributed by atoms with Gasteiger partial charge in [-0.25, -0.2) is 0 Å². The Labute approximate surface area is 702 Å². The van der Waals surface area contributed by atoms with E-state index in [1.807, 2.05) is 317 Å². The van der Waals surface area contributed by atoms with Gasteiger partial charge in [0.05, 0.1) is 98.1 Å². The Morgan fingerprint density at radius 1 is 0.300 bits per heavy atom. The van der Waals surface area contributed by atoms with E-state index in [2.05, 4.69) is 16.9 Å². The lowest BCUT2D eigenvalue weighted by Gasteiger charge is -2.51. The van der Waals surface area contributed by atoms with E-state index in [-0.39, 0.29) is 85.9 Å². The molecule has 22 heteroatoms. The van der Waals surface area contributed by atoms with Gasteiger partial charge in [-0.1, -0.05) is 315 Å². The van der Waals surface area contributed by atoms with Gasteiger partial charge in [0, 0.05) is 10.8 Å². The minimum Gasteiger partial charge on any atom is -0.385 e. The Kier molecular flexibility index (Phi) is 31.1. The summed E-state index contributed by atoms with van der Waals surface area (Å²) in [5.74, 6) is -1.52. The highest BCUT2D eigenvalue weighted by Gasteiger charge is 2.62. The second-order valence-corrected chi connectivity index (χ2v) is 31.4. The Bertz CT molecular complexity index is 4650. The summed E-state index contributed by atoms with van der Waals surface area (Å²) in [4.78, 5) is 3.59. The van der Waals surface area contributed by atoms with Gasteiger partial charge in [0.2, 0.25) is 0 Å². The van der Waals surface area contributed by atoms with E-state index in [4.69, 9.17) is 85.3 Å². The zero-order chi connectivity index (χ0) is 82.1. The lowest BCUT2D eigenvalue weighted by molar-refractivity contribution is -0.376. The van der Waals surface area contributed by atoms with Crippen LogP contribution in [0.1, 0.15) is 76.4 Å². The van der Waals surface area contributed by atoms with Crippen LogP contribution in [0, 0.1) is 5.92 Å². The van der Waals surface area contributed by atoms with Crippen LogP contribution in [0.15, 0.2) is 308 Å².